The number of rotatable bonds is 5. The van der Waals surface area contributed by atoms with Gasteiger partial charge < -0.3 is 9.88 Å². The Labute approximate surface area is 153 Å². The molecule has 2 aliphatic rings. The number of hydrogen-bond acceptors (Lipinski definition) is 5. The van der Waals surface area contributed by atoms with E-state index in [0.29, 0.717) is 11.1 Å². The lowest BCUT2D eigenvalue weighted by Crippen LogP contribution is -2.49. The molecule has 8 heteroatoms. The van der Waals surface area contributed by atoms with Crippen molar-refractivity contribution in [3.63, 3.8) is 0 Å². The molecule has 3 rings (SSSR count). The largest absolute Gasteiger partial charge is 0.349 e. The van der Waals surface area contributed by atoms with E-state index in [2.05, 4.69) is 32.1 Å². The number of amides is 1. The average molecular weight is 367 g/mol. The van der Waals surface area contributed by atoms with Gasteiger partial charge in [-0.3, -0.25) is 15.0 Å². The van der Waals surface area contributed by atoms with Gasteiger partial charge in [0.05, 0.1) is 5.69 Å². The van der Waals surface area contributed by atoms with E-state index in [1.807, 2.05) is 19.0 Å². The molecule has 0 saturated carbocycles. The lowest BCUT2D eigenvalue weighted by Gasteiger charge is -2.35. The van der Waals surface area contributed by atoms with Gasteiger partial charge in [-0.05, 0) is 19.3 Å². The van der Waals surface area contributed by atoms with Crippen LogP contribution in [0.4, 0.5) is 0 Å². The van der Waals surface area contributed by atoms with Gasteiger partial charge in [-0.15, -0.1) is 0 Å². The summed E-state index contributed by atoms with van der Waals surface area (Å²) in [5, 5.41) is 3.46. The standard InChI is InChI=1S/C17H27ClN6O/c1-4-5-6-13-19-12(14(18)20-13)11-24-9-7-17(8-10-24)15(25)21-16(22-17)23(2)3/h4-11H2,1-3H3,(H,19,20)(H,21,22,25). The van der Waals surface area contributed by atoms with Crippen molar-refractivity contribution in [1.82, 2.24) is 25.1 Å². The van der Waals surface area contributed by atoms with Crippen LogP contribution < -0.4 is 5.32 Å². The van der Waals surface area contributed by atoms with Crippen molar-refractivity contribution in [2.45, 2.75) is 51.1 Å². The second kappa shape index (κ2) is 7.33. The van der Waals surface area contributed by atoms with E-state index in [1.165, 1.54) is 0 Å². The molecular formula is C17H27ClN6O. The van der Waals surface area contributed by atoms with Crippen molar-refractivity contribution < 1.29 is 4.79 Å². The normalized spacial score (nSPS) is 20.0. The van der Waals surface area contributed by atoms with Crippen molar-refractivity contribution in [3.05, 3.63) is 16.7 Å². The van der Waals surface area contributed by atoms with Crippen LogP contribution in [0.15, 0.2) is 4.99 Å². The van der Waals surface area contributed by atoms with Gasteiger partial charge >= 0.3 is 0 Å². The van der Waals surface area contributed by atoms with Gasteiger partial charge in [-0.25, -0.2) is 9.98 Å². The highest BCUT2D eigenvalue weighted by Gasteiger charge is 2.46. The molecule has 1 fully saturated rings. The predicted molar refractivity (Wildman–Crippen MR) is 98.7 cm³/mol. The Hall–Kier alpha value is -1.60. The summed E-state index contributed by atoms with van der Waals surface area (Å²) in [6, 6.07) is 0. The molecule has 0 bridgehead atoms. The maximum atomic E-state index is 12.4. The number of carbonyl (C=O) groups is 1. The molecule has 2 N–H and O–H groups in total. The zero-order valence-corrected chi connectivity index (χ0v) is 16.0. The number of aromatic nitrogens is 2. The molecule has 7 nitrogen and oxygen atoms in total. The summed E-state index contributed by atoms with van der Waals surface area (Å²) in [5.41, 5.74) is 0.372. The molecule has 1 spiro atoms. The number of aliphatic imine (C=N–C) groups is 1. The molecule has 1 aromatic heterocycles. The highest BCUT2D eigenvalue weighted by molar-refractivity contribution is 6.30. The molecule has 0 radical (unpaired) electrons. The van der Waals surface area contributed by atoms with Gasteiger partial charge in [-0.2, -0.15) is 0 Å². The number of aromatic amines is 1. The predicted octanol–water partition coefficient (Wildman–Crippen LogP) is 1.79. The van der Waals surface area contributed by atoms with Crippen molar-refractivity contribution in [2.75, 3.05) is 27.2 Å². The van der Waals surface area contributed by atoms with Crippen LogP contribution in [-0.4, -0.2) is 64.4 Å². The van der Waals surface area contributed by atoms with E-state index in [1.54, 1.807) is 0 Å². The number of imidazole rings is 1. The molecule has 1 amide bonds. The minimum absolute atomic E-state index is 0.0253. The number of nitrogens with zero attached hydrogens (tertiary/aromatic N) is 4. The number of H-pyrrole nitrogens is 1. The van der Waals surface area contributed by atoms with E-state index in [4.69, 9.17) is 11.6 Å². The summed E-state index contributed by atoms with van der Waals surface area (Å²) in [6.07, 6.45) is 4.63. The number of likely N-dealkylation sites (tertiary alicyclic amines) is 1. The highest BCUT2D eigenvalue weighted by atomic mass is 35.5. The minimum Gasteiger partial charge on any atom is -0.349 e. The summed E-state index contributed by atoms with van der Waals surface area (Å²) in [7, 11) is 3.78. The van der Waals surface area contributed by atoms with E-state index >= 15 is 0 Å². The first kappa shape index (κ1) is 18.2. The first-order valence-corrected chi connectivity index (χ1v) is 9.35. The average Bonchev–Trinajstić information content (AvgIpc) is 3.09. The number of hydrogen-bond donors (Lipinski definition) is 2. The Balaban J connectivity index is 1.60. The van der Waals surface area contributed by atoms with Crippen LogP contribution in [0.3, 0.4) is 0 Å². The highest BCUT2D eigenvalue weighted by Crippen LogP contribution is 2.31. The molecule has 138 valence electrons. The lowest BCUT2D eigenvalue weighted by atomic mass is 9.88. The van der Waals surface area contributed by atoms with Crippen LogP contribution in [0.1, 0.15) is 44.1 Å². The van der Waals surface area contributed by atoms with E-state index in [-0.39, 0.29) is 5.91 Å². The quantitative estimate of drug-likeness (QED) is 0.832. The van der Waals surface area contributed by atoms with Gasteiger partial charge in [0.1, 0.15) is 11.4 Å². The maximum absolute atomic E-state index is 12.4. The van der Waals surface area contributed by atoms with Gasteiger partial charge in [0.2, 0.25) is 5.96 Å². The molecule has 1 aromatic rings. The van der Waals surface area contributed by atoms with Gasteiger partial charge in [-0.1, -0.05) is 24.9 Å². The molecule has 3 heterocycles. The van der Waals surface area contributed by atoms with Crippen molar-refractivity contribution in [3.8, 4) is 0 Å². The molecule has 1 saturated heterocycles. The fourth-order valence-electron chi connectivity index (χ4n) is 3.36. The Bertz CT molecular complexity index is 660. The fraction of sp³-hybridized carbons (Fsp3) is 0.706. The third kappa shape index (κ3) is 3.82. The van der Waals surface area contributed by atoms with Crippen LogP contribution in [0.25, 0.3) is 0 Å². The Morgan fingerprint density at radius 1 is 1.32 bits per heavy atom. The molecule has 0 aromatic carbocycles. The molecular weight excluding hydrogens is 340 g/mol. The van der Waals surface area contributed by atoms with Crippen molar-refractivity contribution in [2.24, 2.45) is 4.99 Å². The summed E-state index contributed by atoms with van der Waals surface area (Å²) in [6.45, 7) is 4.53. The number of guanidine groups is 1. The number of piperidine rings is 1. The monoisotopic (exact) mass is 366 g/mol. The Morgan fingerprint density at radius 2 is 2.04 bits per heavy atom. The second-order valence-corrected chi connectivity index (χ2v) is 7.51. The van der Waals surface area contributed by atoms with E-state index < -0.39 is 5.54 Å². The summed E-state index contributed by atoms with van der Waals surface area (Å²) in [4.78, 5) is 29.0. The number of carbonyl (C=O) groups excluding carboxylic acids is 1. The van der Waals surface area contributed by atoms with Crippen LogP contribution in [-0.2, 0) is 17.8 Å². The topological polar surface area (TPSA) is 76.6 Å². The van der Waals surface area contributed by atoms with Crippen LogP contribution in [0, 0.1) is 0 Å². The van der Waals surface area contributed by atoms with Gasteiger partial charge in [0.15, 0.2) is 5.15 Å². The molecule has 0 unspecified atom stereocenters. The SMILES string of the molecule is CCCCc1nc(Cl)c(CN2CCC3(CC2)N=C(N(C)C)NC3=O)[nH]1. The summed E-state index contributed by atoms with van der Waals surface area (Å²) in [5.74, 6) is 1.65. The Morgan fingerprint density at radius 3 is 2.64 bits per heavy atom. The number of unbranched alkanes of at least 4 members (excludes halogenated alkanes) is 1. The van der Waals surface area contributed by atoms with Crippen LogP contribution in [0.2, 0.25) is 5.15 Å². The lowest BCUT2D eigenvalue weighted by molar-refractivity contribution is -0.125. The van der Waals surface area contributed by atoms with Crippen molar-refractivity contribution >= 4 is 23.5 Å². The van der Waals surface area contributed by atoms with E-state index in [9.17, 15) is 4.79 Å². The van der Waals surface area contributed by atoms with Crippen molar-refractivity contribution in [1.29, 1.82) is 0 Å². The second-order valence-electron chi connectivity index (χ2n) is 7.15. The number of halogens is 1. The smallest absolute Gasteiger partial charge is 0.254 e. The zero-order valence-electron chi connectivity index (χ0n) is 15.2. The molecule has 0 aliphatic carbocycles. The molecule has 2 aliphatic heterocycles. The van der Waals surface area contributed by atoms with E-state index in [0.717, 1.165) is 63.3 Å². The summed E-state index contributed by atoms with van der Waals surface area (Å²) < 4.78 is 0. The van der Waals surface area contributed by atoms with Gasteiger partial charge in [0, 0.05) is 40.2 Å². The van der Waals surface area contributed by atoms with Gasteiger partial charge in [0.25, 0.3) is 5.91 Å². The van der Waals surface area contributed by atoms with Crippen LogP contribution >= 0.6 is 11.6 Å². The summed E-state index contributed by atoms with van der Waals surface area (Å²) >= 11 is 6.28. The number of nitrogens with one attached hydrogen (secondary N) is 2. The minimum atomic E-state index is -0.597. The first-order chi connectivity index (χ1) is 11.9. The fourth-order valence-corrected chi connectivity index (χ4v) is 3.57. The number of aryl methyl sites for hydroxylation is 1. The first-order valence-electron chi connectivity index (χ1n) is 8.98. The zero-order chi connectivity index (χ0) is 18.0. The Kier molecular flexibility index (Phi) is 5.34. The van der Waals surface area contributed by atoms with Crippen LogP contribution in [0.5, 0.6) is 0 Å². The molecule has 0 atom stereocenters. The third-order valence-electron chi connectivity index (χ3n) is 5.00. The molecule has 25 heavy (non-hydrogen) atoms. The maximum Gasteiger partial charge on any atom is 0.254 e. The third-order valence-corrected chi connectivity index (χ3v) is 5.31.